The molecule has 0 spiro atoms. The first kappa shape index (κ1) is 20.8. The number of hydrogen-bond donors (Lipinski definition) is 3. The van der Waals surface area contributed by atoms with E-state index in [1.807, 2.05) is 6.07 Å². The van der Waals surface area contributed by atoms with E-state index < -0.39 is 42.9 Å². The Balaban J connectivity index is 1.59. The molecule has 2 aromatic rings. The molecule has 160 valence electrons. The summed E-state index contributed by atoms with van der Waals surface area (Å²) >= 11 is 5.79. The average Bonchev–Trinajstić information content (AvgIpc) is 3.12. The van der Waals surface area contributed by atoms with Gasteiger partial charge in [0.25, 0.3) is 0 Å². The zero-order chi connectivity index (χ0) is 21.5. The van der Waals surface area contributed by atoms with Gasteiger partial charge in [-0.2, -0.15) is 0 Å². The summed E-state index contributed by atoms with van der Waals surface area (Å²) in [6.07, 6.45) is 0.209. The number of ether oxygens (including phenoxy) is 1. The maximum atomic E-state index is 14.5. The minimum atomic E-state index is -1.91. The van der Waals surface area contributed by atoms with Crippen LogP contribution >= 0.6 is 11.6 Å². The molecule has 3 N–H and O–H groups in total. The Bertz CT molecular complexity index is 984. The van der Waals surface area contributed by atoms with Crippen molar-refractivity contribution in [1.29, 1.82) is 0 Å². The molecular weight excluding hydrogens is 421 g/mol. The van der Waals surface area contributed by atoms with E-state index in [4.69, 9.17) is 16.3 Å². The third kappa shape index (κ3) is 3.70. The molecule has 2 amide bonds. The monoisotopic (exact) mass is 440 g/mol. The van der Waals surface area contributed by atoms with Crippen molar-refractivity contribution in [3.8, 4) is 5.75 Å². The predicted octanol–water partition coefficient (Wildman–Crippen LogP) is 4.26. The molecule has 0 aromatic heterocycles. The Morgan fingerprint density at radius 2 is 2.00 bits per heavy atom. The summed E-state index contributed by atoms with van der Waals surface area (Å²) in [6.45, 7) is -2.39. The van der Waals surface area contributed by atoms with Crippen LogP contribution in [0.4, 0.5) is 23.7 Å². The first-order chi connectivity index (χ1) is 14.4. The largest absolute Gasteiger partial charge is 0.478 e. The fourth-order valence-electron chi connectivity index (χ4n) is 4.06. The Kier molecular flexibility index (Phi) is 5.55. The molecular formula is C21H20ClF3N2O3. The van der Waals surface area contributed by atoms with E-state index >= 15 is 0 Å². The summed E-state index contributed by atoms with van der Waals surface area (Å²) in [7, 11) is 0. The van der Waals surface area contributed by atoms with Crippen molar-refractivity contribution in [2.45, 2.75) is 37.0 Å². The van der Waals surface area contributed by atoms with E-state index in [1.54, 1.807) is 12.1 Å². The highest BCUT2D eigenvalue weighted by Crippen LogP contribution is 2.43. The molecule has 0 saturated carbocycles. The van der Waals surface area contributed by atoms with Crippen LogP contribution in [0.2, 0.25) is 5.02 Å². The SMILES string of the molecule is O=C(Nc1cccc2c1C[C@@H](O)C2)N[C@@H]1CC(CF)(CF)Oc2c1ccc(Cl)c2F. The number of anilines is 1. The van der Waals surface area contributed by atoms with E-state index in [1.165, 1.54) is 12.1 Å². The molecule has 0 fully saturated rings. The number of hydrogen-bond acceptors (Lipinski definition) is 3. The molecule has 4 rings (SSSR count). The number of aliphatic hydroxyl groups is 1. The maximum absolute atomic E-state index is 14.5. The Morgan fingerprint density at radius 1 is 1.23 bits per heavy atom. The molecule has 2 aliphatic rings. The molecule has 5 nitrogen and oxygen atoms in total. The number of nitrogens with one attached hydrogen (secondary N) is 2. The summed E-state index contributed by atoms with van der Waals surface area (Å²) in [5.41, 5.74) is 0.667. The van der Waals surface area contributed by atoms with Gasteiger partial charge in [-0.1, -0.05) is 29.8 Å². The number of rotatable bonds is 4. The van der Waals surface area contributed by atoms with Gasteiger partial charge in [0.15, 0.2) is 17.2 Å². The Labute approximate surface area is 176 Å². The summed E-state index contributed by atoms with van der Waals surface area (Å²) in [4.78, 5) is 12.7. The highest BCUT2D eigenvalue weighted by Gasteiger charge is 2.44. The molecule has 0 radical (unpaired) electrons. The average molecular weight is 441 g/mol. The van der Waals surface area contributed by atoms with Gasteiger partial charge in [0.1, 0.15) is 13.3 Å². The number of aliphatic hydroxyl groups excluding tert-OH is 1. The van der Waals surface area contributed by atoms with Crippen molar-refractivity contribution in [2.75, 3.05) is 18.7 Å². The number of fused-ring (bicyclic) bond motifs is 2. The van der Waals surface area contributed by atoms with E-state index in [2.05, 4.69) is 10.6 Å². The third-order valence-electron chi connectivity index (χ3n) is 5.56. The summed E-state index contributed by atoms with van der Waals surface area (Å²) in [6, 6.07) is 6.61. The Morgan fingerprint density at radius 3 is 2.73 bits per heavy atom. The van der Waals surface area contributed by atoms with Gasteiger partial charge >= 0.3 is 6.03 Å². The lowest BCUT2D eigenvalue weighted by Gasteiger charge is -2.39. The van der Waals surface area contributed by atoms with Crippen LogP contribution in [-0.4, -0.2) is 36.2 Å². The van der Waals surface area contributed by atoms with Crippen LogP contribution in [0.15, 0.2) is 30.3 Å². The van der Waals surface area contributed by atoms with Crippen LogP contribution in [0.5, 0.6) is 5.75 Å². The number of urea groups is 1. The van der Waals surface area contributed by atoms with Crippen molar-refractivity contribution < 1.29 is 27.8 Å². The lowest BCUT2D eigenvalue weighted by molar-refractivity contribution is -0.0136. The fraction of sp³-hybridized carbons (Fsp3) is 0.381. The van der Waals surface area contributed by atoms with Gasteiger partial charge in [-0.25, -0.2) is 18.0 Å². The zero-order valence-corrected chi connectivity index (χ0v) is 16.6. The topological polar surface area (TPSA) is 70.6 Å². The van der Waals surface area contributed by atoms with Crippen LogP contribution in [0, 0.1) is 5.82 Å². The zero-order valence-electron chi connectivity index (χ0n) is 15.9. The van der Waals surface area contributed by atoms with E-state index in [9.17, 15) is 23.1 Å². The molecule has 2 aromatic carbocycles. The smallest absolute Gasteiger partial charge is 0.319 e. The van der Waals surface area contributed by atoms with Gasteiger partial charge in [-0.15, -0.1) is 0 Å². The highest BCUT2D eigenvalue weighted by molar-refractivity contribution is 6.30. The van der Waals surface area contributed by atoms with E-state index in [0.29, 0.717) is 18.5 Å². The maximum Gasteiger partial charge on any atom is 0.319 e. The molecule has 1 aliphatic heterocycles. The van der Waals surface area contributed by atoms with Gasteiger partial charge in [-0.3, -0.25) is 0 Å². The summed E-state index contributed by atoms with van der Waals surface area (Å²) in [5, 5.41) is 15.0. The molecule has 0 unspecified atom stereocenters. The first-order valence-electron chi connectivity index (χ1n) is 9.51. The Hall–Kier alpha value is -2.45. The number of amides is 2. The molecule has 1 heterocycles. The molecule has 1 aliphatic carbocycles. The summed E-state index contributed by atoms with van der Waals surface area (Å²) in [5.74, 6) is -1.29. The number of alkyl halides is 2. The van der Waals surface area contributed by atoms with Gasteiger partial charge in [-0.05, 0) is 29.7 Å². The number of benzene rings is 2. The number of carbonyl (C=O) groups is 1. The molecule has 0 saturated heterocycles. The van der Waals surface area contributed by atoms with Gasteiger partial charge in [0, 0.05) is 24.1 Å². The van der Waals surface area contributed by atoms with Crippen LogP contribution < -0.4 is 15.4 Å². The molecule has 30 heavy (non-hydrogen) atoms. The third-order valence-corrected chi connectivity index (χ3v) is 5.85. The van der Waals surface area contributed by atoms with Gasteiger partial charge in [0.05, 0.1) is 17.2 Å². The number of carbonyl (C=O) groups excluding carboxylic acids is 1. The molecule has 9 heteroatoms. The highest BCUT2D eigenvalue weighted by atomic mass is 35.5. The second-order valence-electron chi connectivity index (χ2n) is 7.69. The first-order valence-corrected chi connectivity index (χ1v) is 9.89. The van der Waals surface area contributed by atoms with Crippen molar-refractivity contribution in [1.82, 2.24) is 5.32 Å². The minimum Gasteiger partial charge on any atom is -0.478 e. The van der Waals surface area contributed by atoms with E-state index in [-0.39, 0.29) is 22.8 Å². The quantitative estimate of drug-likeness (QED) is 0.665. The van der Waals surface area contributed by atoms with Gasteiger partial charge < -0.3 is 20.5 Å². The van der Waals surface area contributed by atoms with Crippen molar-refractivity contribution in [3.63, 3.8) is 0 Å². The van der Waals surface area contributed by atoms with Crippen LogP contribution in [-0.2, 0) is 12.8 Å². The van der Waals surface area contributed by atoms with Crippen molar-refractivity contribution in [2.24, 2.45) is 0 Å². The molecule has 2 atom stereocenters. The fourth-order valence-corrected chi connectivity index (χ4v) is 4.20. The molecule has 0 bridgehead atoms. The lowest BCUT2D eigenvalue weighted by atomic mass is 9.88. The normalized spacial score (nSPS) is 21.4. The van der Waals surface area contributed by atoms with Crippen molar-refractivity contribution in [3.05, 3.63) is 57.9 Å². The number of halogens is 4. The van der Waals surface area contributed by atoms with Crippen LogP contribution in [0.3, 0.4) is 0 Å². The summed E-state index contributed by atoms with van der Waals surface area (Å²) < 4.78 is 47.1. The minimum absolute atomic E-state index is 0.215. The van der Waals surface area contributed by atoms with Gasteiger partial charge in [0.2, 0.25) is 0 Å². The second-order valence-corrected chi connectivity index (χ2v) is 8.10. The lowest BCUT2D eigenvalue weighted by Crippen LogP contribution is -2.49. The van der Waals surface area contributed by atoms with E-state index in [0.717, 1.165) is 11.1 Å². The predicted molar refractivity (Wildman–Crippen MR) is 106 cm³/mol. The van der Waals surface area contributed by atoms with Crippen LogP contribution in [0.1, 0.15) is 29.2 Å². The van der Waals surface area contributed by atoms with Crippen molar-refractivity contribution >= 4 is 23.3 Å². The van der Waals surface area contributed by atoms with Crippen LogP contribution in [0.25, 0.3) is 0 Å². The second kappa shape index (κ2) is 8.00. The standard InChI is InChI=1S/C21H20ClF3N2O3/c22-15-5-4-13-17(8-21(9-23,10-24)30-19(13)18(15)25)27-20(29)26-16-3-1-2-11-6-12(28)7-14(11)16/h1-5,12,17,28H,6-10H2,(H2,26,27,29)/t12-,17+/m0/s1.